The predicted octanol–water partition coefficient (Wildman–Crippen LogP) is -4.45. The van der Waals surface area contributed by atoms with Gasteiger partial charge in [0.25, 0.3) is 7.82 Å². The third kappa shape index (κ3) is 5.67. The second-order valence-corrected chi connectivity index (χ2v) is 10.4. The molecule has 3 heterocycles. The molecule has 0 aliphatic carbocycles. The normalized spacial score (nSPS) is 27.9. The monoisotopic (exact) mass is 519 g/mol. The third-order valence-corrected chi connectivity index (χ3v) is 7.54. The summed E-state index contributed by atoms with van der Waals surface area (Å²) in [5.41, 5.74) is 4.99. The van der Waals surface area contributed by atoms with E-state index in [-0.39, 0.29) is 11.2 Å². The first-order valence-corrected chi connectivity index (χ1v) is 12.4. The summed E-state index contributed by atoms with van der Waals surface area (Å²) in [5.74, 6) is -1.25. The van der Waals surface area contributed by atoms with Crippen molar-refractivity contribution in [1.82, 2.24) is 19.5 Å². The Morgan fingerprint density at radius 2 is 1.81 bits per heavy atom. The molecule has 32 heavy (non-hydrogen) atoms. The van der Waals surface area contributed by atoms with Crippen LogP contribution in [0.15, 0.2) is 6.33 Å². The minimum atomic E-state index is -6.10. The van der Waals surface area contributed by atoms with E-state index in [0.29, 0.717) is 0 Å². The Kier molecular flexibility index (Phi) is 6.78. The van der Waals surface area contributed by atoms with Crippen LogP contribution in [0.1, 0.15) is 6.23 Å². The van der Waals surface area contributed by atoms with Crippen LogP contribution >= 0.6 is 23.5 Å². The number of aromatic nitrogens is 4. The number of fused-ring (bicyclic) bond motifs is 1. The van der Waals surface area contributed by atoms with E-state index in [1.807, 2.05) is 0 Å². The summed E-state index contributed by atoms with van der Waals surface area (Å²) in [6, 6.07) is 0. The number of nitrogens with two attached hydrogens (primary N) is 1. The molecule has 2 aromatic rings. The van der Waals surface area contributed by atoms with Gasteiger partial charge in [-0.2, -0.15) is 4.98 Å². The zero-order valence-electron chi connectivity index (χ0n) is 15.1. The number of phosphoric acid groups is 3. The quantitative estimate of drug-likeness (QED) is 0.239. The molecule has 0 amide bonds. The molecular weight excluding hydrogens is 507 g/mol. The van der Waals surface area contributed by atoms with Crippen molar-refractivity contribution in [2.45, 2.75) is 24.5 Å². The fourth-order valence-corrected chi connectivity index (χ4v) is 5.57. The number of aliphatic hydroxyl groups is 2. The van der Waals surface area contributed by atoms with Crippen LogP contribution < -0.4 is 25.5 Å². The first-order valence-electron chi connectivity index (χ1n) is 8.00. The van der Waals surface area contributed by atoms with Crippen molar-refractivity contribution < 1.29 is 66.5 Å². The van der Waals surface area contributed by atoms with Gasteiger partial charge in [-0.25, -0.2) is 18.8 Å². The smallest absolute Gasteiger partial charge is 0.482 e. The zero-order valence-corrected chi connectivity index (χ0v) is 17.8. The number of aliphatic hydroxyl groups excluding tert-OH is 2. The zero-order chi connectivity index (χ0) is 24.1. The maximum Gasteiger partial charge on any atom is 0.482 e. The van der Waals surface area contributed by atoms with Crippen LogP contribution in [0.25, 0.3) is 11.2 Å². The molecule has 0 spiro atoms. The average molecular weight is 519 g/mol. The fourth-order valence-electron chi connectivity index (χ4n) is 2.65. The topological polar surface area (TPSA) is 311 Å². The van der Waals surface area contributed by atoms with Crippen LogP contribution in [0.2, 0.25) is 0 Å². The van der Waals surface area contributed by atoms with E-state index in [9.17, 15) is 43.7 Å². The fraction of sp³-hybridized carbons (Fsp3) is 0.500. The van der Waals surface area contributed by atoms with Crippen molar-refractivity contribution in [3.8, 4) is 5.88 Å². The van der Waals surface area contributed by atoms with E-state index in [1.54, 1.807) is 0 Å². The maximum atomic E-state index is 11.8. The van der Waals surface area contributed by atoms with Crippen molar-refractivity contribution in [2.24, 2.45) is 0 Å². The van der Waals surface area contributed by atoms with Gasteiger partial charge in [-0.15, -0.1) is 0 Å². The molecule has 1 aliphatic rings. The number of ether oxygens (including phenoxy) is 1. The number of hydrogen-bond acceptors (Lipinski definition) is 17. The lowest BCUT2D eigenvalue weighted by Gasteiger charge is -2.32. The van der Waals surface area contributed by atoms with Crippen LogP contribution in [0.4, 0.5) is 5.95 Å². The molecule has 1 fully saturated rings. The summed E-state index contributed by atoms with van der Waals surface area (Å²) < 4.78 is 50.4. The molecule has 180 valence electrons. The van der Waals surface area contributed by atoms with Crippen molar-refractivity contribution in [1.29, 1.82) is 0 Å². The van der Waals surface area contributed by atoms with Crippen LogP contribution in [0.5, 0.6) is 5.88 Å². The Morgan fingerprint density at radius 1 is 1.16 bits per heavy atom. The number of phosphoric ester groups is 1. The molecule has 1 saturated heterocycles. The number of rotatable bonds is 8. The molecule has 2 unspecified atom stereocenters. The Morgan fingerprint density at radius 3 is 2.44 bits per heavy atom. The summed E-state index contributed by atoms with van der Waals surface area (Å²) in [7, 11) is -17.8. The maximum absolute atomic E-state index is 11.8. The van der Waals surface area contributed by atoms with Crippen molar-refractivity contribution >= 4 is 40.6 Å². The van der Waals surface area contributed by atoms with Gasteiger partial charge in [0.1, 0.15) is 23.8 Å². The molecule has 2 aromatic heterocycles. The Balaban J connectivity index is 1.72. The molecule has 19 nitrogen and oxygen atoms in total. The number of anilines is 1. The van der Waals surface area contributed by atoms with Crippen molar-refractivity contribution in [3.05, 3.63) is 6.33 Å². The van der Waals surface area contributed by atoms with Gasteiger partial charge in [0, 0.05) is 5.88 Å². The third-order valence-electron chi connectivity index (χ3n) is 3.82. The Hall–Kier alpha value is -1.56. The SMILES string of the molecule is Nc1nc([O-])c2ncn([C@@H]3O[C@H](COP(=O)([O-])OP(=O)(O)OP(=O)([O-])[O-])[C@@H](O)[C@H]3O)c2n1. The number of hydrogen-bond donors (Lipinski definition) is 4. The van der Waals surface area contributed by atoms with Gasteiger partial charge in [0.05, 0.1) is 20.8 Å². The Labute approximate surface area is 176 Å². The molecule has 1 aliphatic heterocycles. The minimum absolute atomic E-state index is 0.170. The van der Waals surface area contributed by atoms with Gasteiger partial charge in [-0.3, -0.25) is 13.4 Å². The summed E-state index contributed by atoms with van der Waals surface area (Å²) in [6.45, 7) is -1.11. The standard InChI is InChI=1S/C10H16N5O14P3/c11-10-13-7-4(8(18)14-10)12-2-15(7)9-6(17)5(16)3(27-9)1-26-31(22,23)29-32(24,25)28-30(19,20)21/h2-3,5-6,9,16-17H,1H2,(H,22,23)(H,24,25)(H2,19,20,21)(H3,11,13,14,18)/p-4/t3-,5-,6-,9-/m1/s1. The van der Waals surface area contributed by atoms with E-state index in [0.717, 1.165) is 10.9 Å². The average Bonchev–Trinajstić information content (AvgIpc) is 3.12. The predicted molar refractivity (Wildman–Crippen MR) is 88.3 cm³/mol. The van der Waals surface area contributed by atoms with E-state index < -0.39 is 66.4 Å². The first-order chi connectivity index (χ1) is 14.6. The lowest BCUT2D eigenvalue weighted by molar-refractivity contribution is -0.334. The van der Waals surface area contributed by atoms with Crippen LogP contribution in [0.3, 0.4) is 0 Å². The highest BCUT2D eigenvalue weighted by atomic mass is 31.3. The van der Waals surface area contributed by atoms with Crippen molar-refractivity contribution in [3.63, 3.8) is 0 Å². The first kappa shape index (κ1) is 25.1. The number of imidazole rings is 1. The van der Waals surface area contributed by atoms with Crippen LogP contribution in [0, 0.1) is 0 Å². The lowest BCUT2D eigenvalue weighted by atomic mass is 10.1. The van der Waals surface area contributed by atoms with Gasteiger partial charge in [0.15, 0.2) is 11.9 Å². The second kappa shape index (κ2) is 8.66. The highest BCUT2D eigenvalue weighted by Crippen LogP contribution is 2.63. The van der Waals surface area contributed by atoms with E-state index in [1.165, 1.54) is 0 Å². The molecule has 5 N–H and O–H groups in total. The van der Waals surface area contributed by atoms with Crippen LogP contribution in [-0.4, -0.2) is 59.5 Å². The Bertz CT molecular complexity index is 1150. The highest BCUT2D eigenvalue weighted by Gasteiger charge is 2.45. The van der Waals surface area contributed by atoms with Gasteiger partial charge in [-0.05, 0) is 0 Å². The molecule has 0 saturated carbocycles. The van der Waals surface area contributed by atoms with E-state index in [2.05, 4.69) is 28.1 Å². The molecule has 6 atom stereocenters. The summed E-state index contributed by atoms with van der Waals surface area (Å²) in [6.07, 6.45) is -5.60. The van der Waals surface area contributed by atoms with Gasteiger partial charge < -0.3 is 54.5 Å². The largest absolute Gasteiger partial charge is 0.857 e. The lowest BCUT2D eigenvalue weighted by Crippen LogP contribution is -2.34. The van der Waals surface area contributed by atoms with Crippen molar-refractivity contribution in [2.75, 3.05) is 12.3 Å². The molecule has 3 rings (SSSR count). The highest BCUT2D eigenvalue weighted by molar-refractivity contribution is 7.65. The van der Waals surface area contributed by atoms with E-state index in [4.69, 9.17) is 15.4 Å². The molecule has 0 radical (unpaired) electrons. The second-order valence-electron chi connectivity index (χ2n) is 6.08. The number of nitrogens with zero attached hydrogens (tertiary/aromatic N) is 4. The molecular formula is C10H12N5O14P3-4. The summed E-state index contributed by atoms with van der Waals surface area (Å²) in [4.78, 5) is 52.2. The van der Waals surface area contributed by atoms with Gasteiger partial charge in [-0.1, -0.05) is 0 Å². The van der Waals surface area contributed by atoms with Gasteiger partial charge >= 0.3 is 7.82 Å². The molecule has 0 bridgehead atoms. The number of nitrogen functional groups attached to an aromatic ring is 1. The van der Waals surface area contributed by atoms with E-state index >= 15 is 0 Å². The molecule has 22 heteroatoms. The minimum Gasteiger partial charge on any atom is -0.857 e. The summed E-state index contributed by atoms with van der Waals surface area (Å²) in [5, 5.41) is 32.1. The van der Waals surface area contributed by atoms with Gasteiger partial charge in [0.2, 0.25) is 5.95 Å². The van der Waals surface area contributed by atoms with Crippen LogP contribution in [-0.2, 0) is 31.6 Å². The summed E-state index contributed by atoms with van der Waals surface area (Å²) >= 11 is 0. The molecule has 0 aromatic carbocycles.